The van der Waals surface area contributed by atoms with Gasteiger partial charge in [0, 0.05) is 10.7 Å². The maximum Gasteiger partial charge on any atom is 0.340 e. The van der Waals surface area contributed by atoms with Crippen molar-refractivity contribution in [3.63, 3.8) is 0 Å². The maximum absolute atomic E-state index is 11.8. The van der Waals surface area contributed by atoms with Crippen molar-refractivity contribution < 1.29 is 9.53 Å². The van der Waals surface area contributed by atoms with E-state index >= 15 is 0 Å². The predicted molar refractivity (Wildman–Crippen MR) is 70.2 cm³/mol. The zero-order valence-corrected chi connectivity index (χ0v) is 11.0. The number of hydrogen-bond donors (Lipinski definition) is 1. The minimum Gasteiger partial charge on any atom is -0.462 e. The van der Waals surface area contributed by atoms with E-state index in [1.165, 1.54) is 6.07 Å². The highest BCUT2D eigenvalue weighted by Gasteiger charge is 2.13. The Morgan fingerprint density at radius 1 is 1.53 bits per heavy atom. The third kappa shape index (κ3) is 4.27. The van der Waals surface area contributed by atoms with E-state index in [1.54, 1.807) is 12.1 Å². The number of hydrogen-bond acceptors (Lipinski definition) is 3. The molecule has 0 aliphatic carbocycles. The van der Waals surface area contributed by atoms with Gasteiger partial charge in [0.15, 0.2) is 0 Å². The highest BCUT2D eigenvalue weighted by molar-refractivity contribution is 6.31. The number of carbonyl (C=O) groups is 1. The molecule has 17 heavy (non-hydrogen) atoms. The lowest BCUT2D eigenvalue weighted by atomic mass is 10.1. The number of benzene rings is 1. The first-order valence-electron chi connectivity index (χ1n) is 5.76. The van der Waals surface area contributed by atoms with Crippen LogP contribution in [0.4, 0.5) is 5.69 Å². The van der Waals surface area contributed by atoms with Crippen LogP contribution in [0.2, 0.25) is 5.02 Å². The van der Waals surface area contributed by atoms with Crippen LogP contribution in [-0.4, -0.2) is 12.6 Å². The van der Waals surface area contributed by atoms with Gasteiger partial charge in [-0.2, -0.15) is 0 Å². The quantitative estimate of drug-likeness (QED) is 0.647. The van der Waals surface area contributed by atoms with Crippen molar-refractivity contribution in [3.8, 4) is 0 Å². The average Bonchev–Trinajstić information content (AvgIpc) is 2.29. The molecule has 0 amide bonds. The highest BCUT2D eigenvalue weighted by Crippen LogP contribution is 2.19. The van der Waals surface area contributed by atoms with Gasteiger partial charge >= 0.3 is 5.97 Å². The number of anilines is 1. The minimum atomic E-state index is -0.409. The van der Waals surface area contributed by atoms with Crippen LogP contribution in [0.1, 0.15) is 37.0 Å². The van der Waals surface area contributed by atoms with Gasteiger partial charge in [0.05, 0.1) is 12.2 Å². The highest BCUT2D eigenvalue weighted by atomic mass is 35.5. The van der Waals surface area contributed by atoms with Crippen LogP contribution in [0.5, 0.6) is 0 Å². The molecule has 0 aliphatic rings. The van der Waals surface area contributed by atoms with Crippen LogP contribution in [0.15, 0.2) is 18.2 Å². The van der Waals surface area contributed by atoms with Crippen molar-refractivity contribution in [2.24, 2.45) is 5.92 Å². The van der Waals surface area contributed by atoms with Crippen LogP contribution in [-0.2, 0) is 4.74 Å². The van der Waals surface area contributed by atoms with Gasteiger partial charge in [-0.3, -0.25) is 0 Å². The SMILES string of the molecule is CCCC(C)COC(=O)c1cc(Cl)ccc1N. The van der Waals surface area contributed by atoms with Crippen molar-refractivity contribution in [1.29, 1.82) is 0 Å². The molecule has 0 aromatic heterocycles. The molecule has 0 saturated carbocycles. The van der Waals surface area contributed by atoms with E-state index in [0.717, 1.165) is 12.8 Å². The zero-order chi connectivity index (χ0) is 12.8. The molecule has 0 fully saturated rings. The Hall–Kier alpha value is -1.22. The van der Waals surface area contributed by atoms with Crippen LogP contribution >= 0.6 is 11.6 Å². The van der Waals surface area contributed by atoms with Gasteiger partial charge in [0.2, 0.25) is 0 Å². The molecular weight excluding hydrogens is 238 g/mol. The van der Waals surface area contributed by atoms with Crippen molar-refractivity contribution in [3.05, 3.63) is 28.8 Å². The monoisotopic (exact) mass is 255 g/mol. The van der Waals surface area contributed by atoms with Gasteiger partial charge in [0.1, 0.15) is 0 Å². The van der Waals surface area contributed by atoms with Crippen LogP contribution in [0.3, 0.4) is 0 Å². The number of nitrogen functional groups attached to an aromatic ring is 1. The second-order valence-corrected chi connectivity index (χ2v) is 4.66. The van der Waals surface area contributed by atoms with E-state index in [2.05, 4.69) is 13.8 Å². The molecule has 1 aromatic carbocycles. The minimum absolute atomic E-state index is 0.334. The van der Waals surface area contributed by atoms with E-state index in [9.17, 15) is 4.79 Å². The third-order valence-electron chi connectivity index (χ3n) is 2.52. The summed E-state index contributed by atoms with van der Waals surface area (Å²) in [6, 6.07) is 4.78. The zero-order valence-electron chi connectivity index (χ0n) is 10.2. The Kier molecular flexibility index (Phi) is 5.29. The Balaban J connectivity index is 2.61. The Morgan fingerprint density at radius 3 is 2.88 bits per heavy atom. The molecule has 4 heteroatoms. The summed E-state index contributed by atoms with van der Waals surface area (Å²) in [5.74, 6) is -0.0442. The van der Waals surface area contributed by atoms with Crippen molar-refractivity contribution in [1.82, 2.24) is 0 Å². The number of rotatable bonds is 5. The van der Waals surface area contributed by atoms with Gasteiger partial charge in [-0.1, -0.05) is 31.9 Å². The molecule has 0 heterocycles. The lowest BCUT2D eigenvalue weighted by molar-refractivity contribution is 0.0445. The lowest BCUT2D eigenvalue weighted by Crippen LogP contribution is -2.13. The molecule has 94 valence electrons. The molecule has 3 nitrogen and oxygen atoms in total. The van der Waals surface area contributed by atoms with Crippen molar-refractivity contribution in [2.75, 3.05) is 12.3 Å². The topological polar surface area (TPSA) is 52.3 Å². The number of carbonyl (C=O) groups excluding carboxylic acids is 1. The second-order valence-electron chi connectivity index (χ2n) is 4.22. The number of nitrogens with two attached hydrogens (primary N) is 1. The Labute approximate surface area is 107 Å². The fourth-order valence-electron chi connectivity index (χ4n) is 1.58. The van der Waals surface area contributed by atoms with Crippen LogP contribution < -0.4 is 5.73 Å². The first-order valence-corrected chi connectivity index (χ1v) is 6.14. The van der Waals surface area contributed by atoms with Gasteiger partial charge in [-0.25, -0.2) is 4.79 Å². The van der Waals surface area contributed by atoms with Crippen LogP contribution in [0, 0.1) is 5.92 Å². The Morgan fingerprint density at radius 2 is 2.24 bits per heavy atom. The molecule has 0 spiro atoms. The van der Waals surface area contributed by atoms with E-state index in [0.29, 0.717) is 28.8 Å². The van der Waals surface area contributed by atoms with Crippen molar-refractivity contribution in [2.45, 2.75) is 26.7 Å². The molecule has 0 aliphatic heterocycles. The van der Waals surface area contributed by atoms with E-state index < -0.39 is 5.97 Å². The fraction of sp³-hybridized carbons (Fsp3) is 0.462. The summed E-state index contributed by atoms with van der Waals surface area (Å²) in [6.07, 6.45) is 2.12. The molecule has 1 rings (SSSR count). The van der Waals surface area contributed by atoms with Gasteiger partial charge in [-0.15, -0.1) is 0 Å². The molecule has 1 unspecified atom stereocenters. The normalized spacial score (nSPS) is 12.2. The lowest BCUT2D eigenvalue weighted by Gasteiger charge is -2.11. The molecule has 1 atom stereocenters. The second kappa shape index (κ2) is 6.50. The standard InChI is InChI=1S/C13H18ClNO2/c1-3-4-9(2)8-17-13(16)11-7-10(14)5-6-12(11)15/h5-7,9H,3-4,8,15H2,1-2H3. The summed E-state index contributed by atoms with van der Waals surface area (Å²) in [7, 11) is 0. The predicted octanol–water partition coefficient (Wildman–Crippen LogP) is 3.52. The molecule has 0 radical (unpaired) electrons. The van der Waals surface area contributed by atoms with Gasteiger partial charge in [0.25, 0.3) is 0 Å². The average molecular weight is 256 g/mol. The van der Waals surface area contributed by atoms with E-state index in [-0.39, 0.29) is 0 Å². The number of esters is 1. The molecule has 1 aromatic rings. The summed E-state index contributed by atoms with van der Waals surface area (Å²) in [5.41, 5.74) is 6.42. The Bertz CT molecular complexity index is 393. The summed E-state index contributed by atoms with van der Waals surface area (Å²) in [5, 5.41) is 0.479. The molecule has 0 bridgehead atoms. The summed E-state index contributed by atoms with van der Waals surface area (Å²) >= 11 is 5.81. The summed E-state index contributed by atoms with van der Waals surface area (Å²) < 4.78 is 5.20. The van der Waals surface area contributed by atoms with Crippen LogP contribution in [0.25, 0.3) is 0 Å². The molecule has 2 N–H and O–H groups in total. The molecule has 0 saturated heterocycles. The summed E-state index contributed by atoms with van der Waals surface area (Å²) in [4.78, 5) is 11.8. The maximum atomic E-state index is 11.8. The van der Waals surface area contributed by atoms with Gasteiger partial charge < -0.3 is 10.5 Å². The van der Waals surface area contributed by atoms with Gasteiger partial charge in [-0.05, 0) is 30.5 Å². The van der Waals surface area contributed by atoms with Crippen molar-refractivity contribution >= 4 is 23.3 Å². The summed E-state index contributed by atoms with van der Waals surface area (Å²) in [6.45, 7) is 4.57. The third-order valence-corrected chi connectivity index (χ3v) is 2.75. The first kappa shape index (κ1) is 13.8. The largest absolute Gasteiger partial charge is 0.462 e. The number of ether oxygens (including phenoxy) is 1. The number of halogens is 1. The fourth-order valence-corrected chi connectivity index (χ4v) is 1.75. The van der Waals surface area contributed by atoms with E-state index in [4.69, 9.17) is 22.1 Å². The smallest absolute Gasteiger partial charge is 0.340 e. The first-order chi connectivity index (χ1) is 8.04. The molecular formula is C13H18ClNO2. The van der Waals surface area contributed by atoms with E-state index in [1.807, 2.05) is 0 Å².